The Balaban J connectivity index is 3.07. The normalized spacial score (nSPS) is 16.3. The van der Waals surface area contributed by atoms with E-state index in [-0.39, 0.29) is 17.9 Å². The molecule has 0 aromatic heterocycles. The van der Waals surface area contributed by atoms with Crippen LogP contribution in [-0.2, 0) is 19.1 Å². The highest BCUT2D eigenvalue weighted by atomic mass is 16.5. The second-order valence-electron chi connectivity index (χ2n) is 5.90. The van der Waals surface area contributed by atoms with E-state index in [0.29, 0.717) is 30.8 Å². The van der Waals surface area contributed by atoms with E-state index in [0.717, 1.165) is 44.9 Å². The summed E-state index contributed by atoms with van der Waals surface area (Å²) in [5, 5.41) is 0. The van der Waals surface area contributed by atoms with Crippen molar-refractivity contribution >= 4 is 11.9 Å². The van der Waals surface area contributed by atoms with Gasteiger partial charge in [0.1, 0.15) is 0 Å². The zero-order valence-corrected chi connectivity index (χ0v) is 14.3. The van der Waals surface area contributed by atoms with Crippen molar-refractivity contribution in [1.82, 2.24) is 0 Å². The number of hydrogen-bond acceptors (Lipinski definition) is 4. The van der Waals surface area contributed by atoms with Gasteiger partial charge in [-0.2, -0.15) is 0 Å². The zero-order valence-electron chi connectivity index (χ0n) is 14.3. The number of rotatable bonds is 9. The van der Waals surface area contributed by atoms with Crippen LogP contribution in [0.15, 0.2) is 11.1 Å². The number of esters is 2. The molecule has 0 spiro atoms. The molecule has 4 nitrogen and oxygen atoms in total. The smallest absolute Gasteiger partial charge is 0.334 e. The lowest BCUT2D eigenvalue weighted by atomic mass is 9.90. The van der Waals surface area contributed by atoms with E-state index in [2.05, 4.69) is 0 Å². The van der Waals surface area contributed by atoms with Gasteiger partial charge in [0.25, 0.3) is 0 Å². The largest absolute Gasteiger partial charge is 0.462 e. The van der Waals surface area contributed by atoms with Crippen LogP contribution in [0.4, 0.5) is 0 Å². The first-order chi connectivity index (χ1) is 10.7. The van der Waals surface area contributed by atoms with Gasteiger partial charge in [-0.25, -0.2) is 9.59 Å². The van der Waals surface area contributed by atoms with Crippen molar-refractivity contribution in [2.45, 2.75) is 72.1 Å². The van der Waals surface area contributed by atoms with Gasteiger partial charge in [0.2, 0.25) is 0 Å². The molecule has 0 bridgehead atoms. The van der Waals surface area contributed by atoms with Gasteiger partial charge in [0.05, 0.1) is 18.8 Å². The van der Waals surface area contributed by atoms with Crippen LogP contribution in [0.1, 0.15) is 72.1 Å². The molecular weight excluding hydrogens is 280 g/mol. The van der Waals surface area contributed by atoms with E-state index in [1.165, 1.54) is 0 Å². The van der Waals surface area contributed by atoms with Gasteiger partial charge < -0.3 is 9.47 Å². The number of hydrogen-bond donors (Lipinski definition) is 0. The Morgan fingerprint density at radius 3 is 1.91 bits per heavy atom. The molecule has 126 valence electrons. The monoisotopic (exact) mass is 310 g/mol. The third kappa shape index (κ3) is 5.47. The average Bonchev–Trinajstić information content (AvgIpc) is 3.04. The molecule has 0 aromatic carbocycles. The van der Waals surface area contributed by atoms with Gasteiger partial charge in [-0.1, -0.05) is 40.0 Å². The standard InChI is InChI=1S/C18H30O4/c1-4-9-15(17(19)21-12-5-2)16(14-10-7-8-11-14)18(20)22-13-6-3/h14H,4-13H2,1-3H3/b16-15-. The van der Waals surface area contributed by atoms with Crippen LogP contribution < -0.4 is 0 Å². The van der Waals surface area contributed by atoms with Crippen LogP contribution in [-0.4, -0.2) is 25.2 Å². The topological polar surface area (TPSA) is 52.6 Å². The van der Waals surface area contributed by atoms with E-state index >= 15 is 0 Å². The fourth-order valence-electron chi connectivity index (χ4n) is 2.90. The fourth-order valence-corrected chi connectivity index (χ4v) is 2.90. The van der Waals surface area contributed by atoms with Gasteiger partial charge in [0.15, 0.2) is 0 Å². The third-order valence-corrected chi connectivity index (χ3v) is 3.93. The lowest BCUT2D eigenvalue weighted by Gasteiger charge is -2.18. The summed E-state index contributed by atoms with van der Waals surface area (Å²) < 4.78 is 10.6. The summed E-state index contributed by atoms with van der Waals surface area (Å²) in [6.07, 6.45) is 7.10. The molecule has 0 saturated heterocycles. The molecule has 1 rings (SSSR count). The van der Waals surface area contributed by atoms with Crippen LogP contribution in [0.5, 0.6) is 0 Å². The molecule has 0 heterocycles. The van der Waals surface area contributed by atoms with Crippen LogP contribution in [0, 0.1) is 5.92 Å². The maximum absolute atomic E-state index is 12.5. The van der Waals surface area contributed by atoms with Crippen molar-refractivity contribution in [2.24, 2.45) is 5.92 Å². The Kier molecular flexibility index (Phi) is 8.86. The van der Waals surface area contributed by atoms with Crippen molar-refractivity contribution in [3.8, 4) is 0 Å². The highest BCUT2D eigenvalue weighted by Crippen LogP contribution is 2.35. The predicted octanol–water partition coefficient (Wildman–Crippen LogP) is 4.18. The van der Waals surface area contributed by atoms with Crippen LogP contribution in [0.2, 0.25) is 0 Å². The number of ether oxygens (including phenoxy) is 2. The molecule has 0 aromatic rings. The summed E-state index contributed by atoms with van der Waals surface area (Å²) >= 11 is 0. The quantitative estimate of drug-likeness (QED) is 0.473. The Bertz CT molecular complexity index is 392. The lowest BCUT2D eigenvalue weighted by Crippen LogP contribution is -2.22. The summed E-state index contributed by atoms with van der Waals surface area (Å²) in [6, 6.07) is 0. The maximum atomic E-state index is 12.5. The van der Waals surface area contributed by atoms with Crippen molar-refractivity contribution in [2.75, 3.05) is 13.2 Å². The SMILES string of the molecule is CCCOC(=O)/C(CCC)=C(\C(=O)OCCC)C1CCCC1. The second kappa shape index (κ2) is 10.4. The average molecular weight is 310 g/mol. The van der Waals surface area contributed by atoms with E-state index in [4.69, 9.17) is 9.47 Å². The fraction of sp³-hybridized carbons (Fsp3) is 0.778. The Labute approximate surface area is 134 Å². The first-order valence-electron chi connectivity index (χ1n) is 8.72. The second-order valence-corrected chi connectivity index (χ2v) is 5.90. The molecule has 0 radical (unpaired) electrons. The van der Waals surface area contributed by atoms with Crippen LogP contribution in [0.25, 0.3) is 0 Å². The van der Waals surface area contributed by atoms with E-state index in [9.17, 15) is 9.59 Å². The minimum absolute atomic E-state index is 0.153. The van der Waals surface area contributed by atoms with Crippen molar-refractivity contribution in [3.05, 3.63) is 11.1 Å². The maximum Gasteiger partial charge on any atom is 0.334 e. The highest BCUT2D eigenvalue weighted by Gasteiger charge is 2.31. The molecule has 4 heteroatoms. The Morgan fingerprint density at radius 1 is 0.864 bits per heavy atom. The van der Waals surface area contributed by atoms with Gasteiger partial charge in [0, 0.05) is 5.57 Å². The summed E-state index contributed by atoms with van der Waals surface area (Å²) in [5.41, 5.74) is 1.14. The number of carbonyl (C=O) groups excluding carboxylic acids is 2. The lowest BCUT2D eigenvalue weighted by molar-refractivity contribution is -0.143. The molecule has 0 amide bonds. The summed E-state index contributed by atoms with van der Waals surface area (Å²) in [5.74, 6) is -0.496. The first kappa shape index (κ1) is 18.7. The molecule has 22 heavy (non-hydrogen) atoms. The zero-order chi connectivity index (χ0) is 16.4. The molecule has 1 fully saturated rings. The van der Waals surface area contributed by atoms with E-state index in [1.54, 1.807) is 0 Å². The van der Waals surface area contributed by atoms with Gasteiger partial charge >= 0.3 is 11.9 Å². The molecule has 0 N–H and O–H groups in total. The van der Waals surface area contributed by atoms with Crippen molar-refractivity contribution < 1.29 is 19.1 Å². The van der Waals surface area contributed by atoms with E-state index in [1.807, 2.05) is 20.8 Å². The van der Waals surface area contributed by atoms with Crippen LogP contribution >= 0.6 is 0 Å². The molecule has 1 aliphatic carbocycles. The van der Waals surface area contributed by atoms with Gasteiger partial charge in [-0.3, -0.25) is 0 Å². The highest BCUT2D eigenvalue weighted by molar-refractivity contribution is 6.00. The molecular formula is C18H30O4. The summed E-state index contributed by atoms with van der Waals surface area (Å²) in [6.45, 7) is 6.74. The molecule has 1 saturated carbocycles. The summed E-state index contributed by atoms with van der Waals surface area (Å²) in [7, 11) is 0. The van der Waals surface area contributed by atoms with Crippen molar-refractivity contribution in [3.63, 3.8) is 0 Å². The van der Waals surface area contributed by atoms with Crippen LogP contribution in [0.3, 0.4) is 0 Å². The van der Waals surface area contributed by atoms with E-state index < -0.39 is 0 Å². The predicted molar refractivity (Wildman–Crippen MR) is 86.4 cm³/mol. The summed E-state index contributed by atoms with van der Waals surface area (Å²) in [4.78, 5) is 24.9. The van der Waals surface area contributed by atoms with Gasteiger partial charge in [-0.15, -0.1) is 0 Å². The first-order valence-corrected chi connectivity index (χ1v) is 8.72. The Hall–Kier alpha value is -1.32. The Morgan fingerprint density at radius 2 is 1.41 bits per heavy atom. The van der Waals surface area contributed by atoms with Gasteiger partial charge in [-0.05, 0) is 38.0 Å². The molecule has 0 aliphatic heterocycles. The molecule has 0 unspecified atom stereocenters. The minimum Gasteiger partial charge on any atom is -0.462 e. The third-order valence-electron chi connectivity index (χ3n) is 3.93. The molecule has 1 aliphatic rings. The van der Waals surface area contributed by atoms with Crippen molar-refractivity contribution in [1.29, 1.82) is 0 Å². The minimum atomic E-state index is -0.334. The molecule has 0 atom stereocenters. The number of carbonyl (C=O) groups is 2.